The Bertz CT molecular complexity index is 706. The van der Waals surface area contributed by atoms with Crippen LogP contribution in [0.2, 0.25) is 5.02 Å². The van der Waals surface area contributed by atoms with Gasteiger partial charge >= 0.3 is 0 Å². The molecule has 0 aliphatic carbocycles. The molecule has 0 saturated heterocycles. The number of aryl methyl sites for hydroxylation is 1. The third-order valence-corrected chi connectivity index (χ3v) is 3.55. The maximum Gasteiger partial charge on any atom is 0.226 e. The number of hydrogen-bond acceptors (Lipinski definition) is 5. The highest BCUT2D eigenvalue weighted by molar-refractivity contribution is 14.0. The molecule has 0 radical (unpaired) electrons. The average Bonchev–Trinajstić information content (AvgIpc) is 3.01. The summed E-state index contributed by atoms with van der Waals surface area (Å²) in [6.07, 6.45) is 1.44. The number of nitrogens with one attached hydrogen (secondary N) is 1. The smallest absolute Gasteiger partial charge is 0.226 e. The molecule has 9 heteroatoms. The predicted octanol–water partition coefficient (Wildman–Crippen LogP) is 3.83. The fourth-order valence-electron chi connectivity index (χ4n) is 1.97. The Morgan fingerprint density at radius 1 is 1.44 bits per heavy atom. The number of anilines is 1. The summed E-state index contributed by atoms with van der Waals surface area (Å²) in [5.41, 5.74) is 6.61. The Kier molecular flexibility index (Phi) is 8.98. The van der Waals surface area contributed by atoms with E-state index >= 15 is 0 Å². The molecule has 0 atom stereocenters. The molecule has 0 aliphatic rings. The van der Waals surface area contributed by atoms with Gasteiger partial charge in [0.2, 0.25) is 5.89 Å². The molecule has 0 saturated carbocycles. The maximum absolute atomic E-state index is 6.06. The number of benzene rings is 1. The van der Waals surface area contributed by atoms with Crippen LogP contribution >= 0.6 is 35.6 Å². The van der Waals surface area contributed by atoms with Gasteiger partial charge in [0, 0.05) is 24.6 Å². The number of methoxy groups -OCH3 is 1. The molecule has 0 aliphatic heterocycles. The summed E-state index contributed by atoms with van der Waals surface area (Å²) in [6.45, 7) is 4.61. The van der Waals surface area contributed by atoms with Gasteiger partial charge in [0.25, 0.3) is 0 Å². The Morgan fingerprint density at radius 3 is 2.80 bits per heavy atom. The van der Waals surface area contributed by atoms with Crippen LogP contribution in [0.25, 0.3) is 0 Å². The van der Waals surface area contributed by atoms with E-state index in [1.54, 1.807) is 19.2 Å². The van der Waals surface area contributed by atoms with E-state index in [0.29, 0.717) is 35.6 Å². The summed E-state index contributed by atoms with van der Waals surface area (Å²) in [5, 5.41) is 7.42. The van der Waals surface area contributed by atoms with Crippen LogP contribution in [0.15, 0.2) is 27.7 Å². The quantitative estimate of drug-likeness (QED) is 0.271. The Hall–Kier alpha value is -1.55. The molecule has 138 valence electrons. The molecule has 0 unspecified atom stereocenters. The van der Waals surface area contributed by atoms with Crippen molar-refractivity contribution in [3.05, 3.63) is 34.9 Å². The van der Waals surface area contributed by atoms with Gasteiger partial charge in [0.05, 0.1) is 12.1 Å². The van der Waals surface area contributed by atoms with Gasteiger partial charge in [-0.05, 0) is 24.6 Å². The molecule has 0 spiro atoms. The van der Waals surface area contributed by atoms with E-state index in [9.17, 15) is 0 Å². The van der Waals surface area contributed by atoms with Gasteiger partial charge < -0.3 is 20.3 Å². The highest BCUT2D eigenvalue weighted by Crippen LogP contribution is 2.27. The van der Waals surface area contributed by atoms with Crippen molar-refractivity contribution in [2.24, 2.45) is 10.7 Å². The lowest BCUT2D eigenvalue weighted by Gasteiger charge is -2.08. The molecule has 0 amide bonds. The van der Waals surface area contributed by atoms with Crippen LogP contribution in [-0.2, 0) is 6.42 Å². The molecule has 2 rings (SSSR count). The zero-order valence-electron chi connectivity index (χ0n) is 14.5. The first-order valence-electron chi connectivity index (χ1n) is 7.72. The minimum Gasteiger partial charge on any atom is -0.495 e. The van der Waals surface area contributed by atoms with Crippen molar-refractivity contribution in [3.8, 4) is 5.75 Å². The second kappa shape index (κ2) is 10.4. The van der Waals surface area contributed by atoms with Crippen LogP contribution in [0.4, 0.5) is 5.69 Å². The number of ether oxygens (including phenoxy) is 1. The molecule has 7 nitrogen and oxygen atoms in total. The summed E-state index contributed by atoms with van der Waals surface area (Å²) in [7, 11) is 1.57. The van der Waals surface area contributed by atoms with Gasteiger partial charge in [-0.2, -0.15) is 4.98 Å². The van der Waals surface area contributed by atoms with E-state index in [4.69, 9.17) is 26.6 Å². The van der Waals surface area contributed by atoms with Gasteiger partial charge in [-0.15, -0.1) is 24.0 Å². The largest absolute Gasteiger partial charge is 0.495 e. The Labute approximate surface area is 169 Å². The van der Waals surface area contributed by atoms with Gasteiger partial charge in [0.1, 0.15) is 5.75 Å². The zero-order chi connectivity index (χ0) is 17.5. The van der Waals surface area contributed by atoms with E-state index in [1.807, 2.05) is 19.9 Å². The van der Waals surface area contributed by atoms with Gasteiger partial charge in [0.15, 0.2) is 11.8 Å². The first-order valence-corrected chi connectivity index (χ1v) is 8.10. The summed E-state index contributed by atoms with van der Waals surface area (Å²) in [4.78, 5) is 8.59. The minimum absolute atomic E-state index is 0. The molecule has 1 heterocycles. The fourth-order valence-corrected chi connectivity index (χ4v) is 2.22. The van der Waals surface area contributed by atoms with Crippen molar-refractivity contribution in [1.82, 2.24) is 10.1 Å². The monoisotopic (exact) mass is 479 g/mol. The minimum atomic E-state index is 0. The summed E-state index contributed by atoms with van der Waals surface area (Å²) in [6, 6.07) is 5.31. The van der Waals surface area contributed by atoms with Crippen LogP contribution in [0.5, 0.6) is 5.75 Å². The van der Waals surface area contributed by atoms with Crippen molar-refractivity contribution in [3.63, 3.8) is 0 Å². The normalized spacial score (nSPS) is 11.3. The van der Waals surface area contributed by atoms with Crippen LogP contribution in [0.1, 0.15) is 37.9 Å². The lowest BCUT2D eigenvalue weighted by molar-refractivity contribution is 0.369. The summed E-state index contributed by atoms with van der Waals surface area (Å²) >= 11 is 6.06. The lowest BCUT2D eigenvalue weighted by atomic mass is 10.2. The third-order valence-electron chi connectivity index (χ3n) is 3.26. The second-order valence-electron chi connectivity index (χ2n) is 5.55. The topological polar surface area (TPSA) is 98.6 Å². The number of aliphatic imine (C=N–C) groups is 1. The summed E-state index contributed by atoms with van der Waals surface area (Å²) in [5.74, 6) is 2.55. The van der Waals surface area contributed by atoms with Crippen LogP contribution in [0, 0.1) is 0 Å². The zero-order valence-corrected chi connectivity index (χ0v) is 17.5. The van der Waals surface area contributed by atoms with Crippen molar-refractivity contribution >= 4 is 47.2 Å². The number of rotatable bonds is 7. The molecular formula is C16H23ClIN5O2. The van der Waals surface area contributed by atoms with Gasteiger partial charge in [-0.3, -0.25) is 4.99 Å². The number of halogens is 2. The predicted molar refractivity (Wildman–Crippen MR) is 110 cm³/mol. The highest BCUT2D eigenvalue weighted by Gasteiger charge is 2.09. The average molecular weight is 480 g/mol. The van der Waals surface area contributed by atoms with Crippen molar-refractivity contribution in [1.29, 1.82) is 0 Å². The van der Waals surface area contributed by atoms with E-state index < -0.39 is 0 Å². The van der Waals surface area contributed by atoms with Gasteiger partial charge in [-0.1, -0.05) is 30.6 Å². The molecule has 1 aromatic carbocycles. The first-order chi connectivity index (χ1) is 11.5. The van der Waals surface area contributed by atoms with Crippen LogP contribution in [-0.4, -0.2) is 29.8 Å². The summed E-state index contributed by atoms with van der Waals surface area (Å²) < 4.78 is 10.3. The van der Waals surface area contributed by atoms with Crippen LogP contribution in [0.3, 0.4) is 0 Å². The van der Waals surface area contributed by atoms with Crippen molar-refractivity contribution in [2.45, 2.75) is 32.6 Å². The molecule has 25 heavy (non-hydrogen) atoms. The lowest BCUT2D eigenvalue weighted by Crippen LogP contribution is -2.22. The standard InChI is InChI=1S/C16H22ClN5O2.HI/c1-10(2)15-21-14(24-22-15)5-4-8-19-16(18)20-11-6-7-13(23-3)12(17)9-11;/h6-7,9-10H,4-5,8H2,1-3H3,(H3,18,19,20);1H. The Morgan fingerprint density at radius 2 is 2.20 bits per heavy atom. The molecule has 2 aromatic rings. The van der Waals surface area contributed by atoms with E-state index in [2.05, 4.69) is 20.4 Å². The fraction of sp³-hybridized carbons (Fsp3) is 0.438. The number of hydrogen-bond donors (Lipinski definition) is 2. The van der Waals surface area contributed by atoms with Crippen molar-refractivity contribution in [2.75, 3.05) is 19.0 Å². The molecular weight excluding hydrogens is 457 g/mol. The first kappa shape index (κ1) is 21.5. The Balaban J connectivity index is 0.00000312. The maximum atomic E-state index is 6.06. The highest BCUT2D eigenvalue weighted by atomic mass is 127. The number of aromatic nitrogens is 2. The molecule has 3 N–H and O–H groups in total. The SMILES string of the molecule is COc1ccc(NC(N)=NCCCc2nc(C(C)C)no2)cc1Cl.I. The molecule has 0 bridgehead atoms. The number of nitrogens with zero attached hydrogens (tertiary/aromatic N) is 3. The number of nitrogens with two attached hydrogens (primary N) is 1. The van der Waals surface area contributed by atoms with Gasteiger partial charge in [-0.25, -0.2) is 0 Å². The van der Waals surface area contributed by atoms with Crippen molar-refractivity contribution < 1.29 is 9.26 Å². The molecule has 0 fully saturated rings. The number of guanidine groups is 1. The van der Waals surface area contributed by atoms with E-state index in [0.717, 1.165) is 17.9 Å². The third kappa shape index (κ3) is 6.69. The van der Waals surface area contributed by atoms with E-state index in [-0.39, 0.29) is 29.9 Å². The van der Waals surface area contributed by atoms with E-state index in [1.165, 1.54) is 0 Å². The van der Waals surface area contributed by atoms with Crippen LogP contribution < -0.4 is 15.8 Å². The second-order valence-corrected chi connectivity index (χ2v) is 5.95. The molecule has 1 aromatic heterocycles.